The third-order valence-electron chi connectivity index (χ3n) is 4.25. The van der Waals surface area contributed by atoms with E-state index in [0.29, 0.717) is 26.2 Å². The zero-order chi connectivity index (χ0) is 15.4. The van der Waals surface area contributed by atoms with Gasteiger partial charge in [-0.2, -0.15) is 0 Å². The Hall–Kier alpha value is -0.960. The van der Waals surface area contributed by atoms with E-state index in [1.165, 1.54) is 0 Å². The van der Waals surface area contributed by atoms with Crippen LogP contribution in [0.15, 0.2) is 15.7 Å². The summed E-state index contributed by atoms with van der Waals surface area (Å²) in [5.74, 6) is -1.34. The van der Waals surface area contributed by atoms with E-state index in [2.05, 4.69) is 21.1 Å². The third-order valence-corrected chi connectivity index (χ3v) is 5.04. The Bertz CT molecular complexity index is 570. The molecule has 2 saturated heterocycles. The van der Waals surface area contributed by atoms with Gasteiger partial charge in [0.05, 0.1) is 24.3 Å². The number of carbonyl (C=O) groups is 1. The van der Waals surface area contributed by atoms with Crippen LogP contribution in [0, 0.1) is 0 Å². The highest BCUT2D eigenvalue weighted by Gasteiger charge is 2.72. The second kappa shape index (κ2) is 5.02. The molecule has 3 heterocycles. The number of oxime groups is 1. The minimum atomic E-state index is -0.885. The van der Waals surface area contributed by atoms with E-state index in [9.17, 15) is 4.79 Å². The van der Waals surface area contributed by atoms with Crippen LogP contribution in [0.4, 0.5) is 0 Å². The molecule has 0 aromatic rings. The van der Waals surface area contributed by atoms with Gasteiger partial charge < -0.3 is 23.8 Å². The van der Waals surface area contributed by atoms with Gasteiger partial charge in [0.25, 0.3) is 0 Å². The van der Waals surface area contributed by atoms with Gasteiger partial charge in [-0.15, -0.1) is 0 Å². The maximum atomic E-state index is 11.8. The van der Waals surface area contributed by atoms with Gasteiger partial charge in [-0.1, -0.05) is 5.16 Å². The molecule has 0 unspecified atom stereocenters. The minimum absolute atomic E-state index is 0.248. The first-order chi connectivity index (χ1) is 10.6. The van der Waals surface area contributed by atoms with Crippen molar-refractivity contribution in [3.8, 4) is 0 Å². The van der Waals surface area contributed by atoms with Crippen LogP contribution in [-0.2, 0) is 28.6 Å². The Morgan fingerprint density at radius 3 is 2.95 bits per heavy atom. The number of rotatable bonds is 2. The molecule has 4 rings (SSSR count). The van der Waals surface area contributed by atoms with Crippen molar-refractivity contribution in [1.29, 1.82) is 0 Å². The molecule has 0 N–H and O–H groups in total. The molecule has 7 nitrogen and oxygen atoms in total. The summed E-state index contributed by atoms with van der Waals surface area (Å²) in [6, 6.07) is 0. The number of hydrogen-bond acceptors (Lipinski definition) is 7. The second-order valence-corrected chi connectivity index (χ2v) is 6.52. The maximum absolute atomic E-state index is 11.8. The molecule has 0 bridgehead atoms. The lowest BCUT2D eigenvalue weighted by Gasteiger charge is -2.40. The minimum Gasteiger partial charge on any atom is -0.461 e. The molecule has 0 amide bonds. The van der Waals surface area contributed by atoms with Gasteiger partial charge in [-0.3, -0.25) is 0 Å². The lowest BCUT2D eigenvalue weighted by Crippen LogP contribution is -2.53. The third kappa shape index (κ3) is 1.97. The number of halogens is 1. The van der Waals surface area contributed by atoms with Gasteiger partial charge in [0.15, 0.2) is 11.3 Å². The Morgan fingerprint density at radius 1 is 1.45 bits per heavy atom. The molecule has 0 saturated carbocycles. The molecule has 0 aromatic heterocycles. The Kier molecular flexibility index (Phi) is 3.34. The smallest absolute Gasteiger partial charge is 0.356 e. The number of esters is 1. The normalized spacial score (nSPS) is 38.1. The van der Waals surface area contributed by atoms with Crippen LogP contribution < -0.4 is 0 Å². The highest BCUT2D eigenvalue weighted by atomic mass is 79.9. The SMILES string of the molecule is CCOC(=O)C1=NO[C@@]2(C=C(Br)C3(OCCCO3)[C@H]3O[C@H]32)C1. The molecule has 22 heavy (non-hydrogen) atoms. The lowest BCUT2D eigenvalue weighted by atomic mass is 9.84. The van der Waals surface area contributed by atoms with Gasteiger partial charge in [-0.05, 0) is 35.4 Å². The molecular weight excluding hydrogens is 358 g/mol. The first kappa shape index (κ1) is 14.6. The van der Waals surface area contributed by atoms with Crippen molar-refractivity contribution in [2.75, 3.05) is 19.8 Å². The molecule has 2 spiro atoms. The van der Waals surface area contributed by atoms with Crippen molar-refractivity contribution in [2.45, 2.75) is 43.4 Å². The van der Waals surface area contributed by atoms with Crippen LogP contribution in [0.25, 0.3) is 0 Å². The van der Waals surface area contributed by atoms with Crippen molar-refractivity contribution >= 4 is 27.6 Å². The quantitative estimate of drug-likeness (QED) is 0.535. The fourth-order valence-electron chi connectivity index (χ4n) is 3.18. The molecule has 120 valence electrons. The Labute approximate surface area is 135 Å². The molecule has 3 atom stereocenters. The first-order valence-electron chi connectivity index (χ1n) is 7.36. The summed E-state index contributed by atoms with van der Waals surface area (Å²) in [6.45, 7) is 3.29. The van der Waals surface area contributed by atoms with Crippen molar-refractivity contribution in [2.24, 2.45) is 5.16 Å². The van der Waals surface area contributed by atoms with E-state index in [0.717, 1.165) is 10.9 Å². The molecule has 2 fully saturated rings. The van der Waals surface area contributed by atoms with E-state index in [1.807, 2.05) is 6.08 Å². The van der Waals surface area contributed by atoms with Crippen LogP contribution >= 0.6 is 15.9 Å². The van der Waals surface area contributed by atoms with Gasteiger partial charge in [0.2, 0.25) is 5.79 Å². The number of fused-ring (bicyclic) bond motifs is 3. The fraction of sp³-hybridized carbons (Fsp3) is 0.714. The molecular formula is C14H16BrNO6. The highest BCUT2D eigenvalue weighted by Crippen LogP contribution is 2.56. The number of ether oxygens (including phenoxy) is 4. The monoisotopic (exact) mass is 373 g/mol. The van der Waals surface area contributed by atoms with Crippen LogP contribution in [-0.4, -0.2) is 55.1 Å². The molecule has 4 aliphatic rings. The van der Waals surface area contributed by atoms with E-state index < -0.39 is 17.4 Å². The molecule has 3 aliphatic heterocycles. The maximum Gasteiger partial charge on any atom is 0.356 e. The molecule has 8 heteroatoms. The fourth-order valence-corrected chi connectivity index (χ4v) is 4.02. The topological polar surface area (TPSA) is 78.9 Å². The van der Waals surface area contributed by atoms with Gasteiger partial charge in [0, 0.05) is 6.42 Å². The van der Waals surface area contributed by atoms with Gasteiger partial charge >= 0.3 is 5.97 Å². The Morgan fingerprint density at radius 2 is 2.23 bits per heavy atom. The van der Waals surface area contributed by atoms with Crippen LogP contribution in [0.3, 0.4) is 0 Å². The summed E-state index contributed by atoms with van der Waals surface area (Å²) >= 11 is 3.53. The number of carbonyl (C=O) groups excluding carboxylic acids is 1. The average Bonchev–Trinajstić information content (AvgIpc) is 3.24. The summed E-state index contributed by atoms with van der Waals surface area (Å²) in [5.41, 5.74) is -0.518. The highest BCUT2D eigenvalue weighted by molar-refractivity contribution is 9.11. The van der Waals surface area contributed by atoms with E-state index in [-0.39, 0.29) is 17.9 Å². The standard InChI is InChI=1S/C14H16BrNO6/c1-2-18-12(17)8-6-13(22-16-8)7-9(15)14(11-10(13)21-11)19-4-3-5-20-14/h7,10-11H,2-6H2,1H3/t10-,11+,13-/m1/s1. The van der Waals surface area contributed by atoms with E-state index in [1.54, 1.807) is 6.92 Å². The van der Waals surface area contributed by atoms with Crippen molar-refractivity contribution in [3.63, 3.8) is 0 Å². The zero-order valence-corrected chi connectivity index (χ0v) is 13.6. The molecule has 1 aliphatic carbocycles. The number of epoxide rings is 1. The van der Waals surface area contributed by atoms with Crippen LogP contribution in [0.1, 0.15) is 19.8 Å². The summed E-state index contributed by atoms with van der Waals surface area (Å²) in [5, 5.41) is 3.89. The molecule has 0 radical (unpaired) electrons. The van der Waals surface area contributed by atoms with Crippen molar-refractivity contribution in [1.82, 2.24) is 0 Å². The predicted octanol–water partition coefficient (Wildman–Crippen LogP) is 1.26. The van der Waals surface area contributed by atoms with Gasteiger partial charge in [0.1, 0.15) is 12.2 Å². The number of hydrogen-bond donors (Lipinski definition) is 0. The lowest BCUT2D eigenvalue weighted by molar-refractivity contribution is -0.249. The van der Waals surface area contributed by atoms with Crippen LogP contribution in [0.5, 0.6) is 0 Å². The largest absolute Gasteiger partial charge is 0.461 e. The van der Waals surface area contributed by atoms with E-state index >= 15 is 0 Å². The van der Waals surface area contributed by atoms with Crippen molar-refractivity contribution in [3.05, 3.63) is 10.6 Å². The summed E-state index contributed by atoms with van der Waals surface area (Å²) in [4.78, 5) is 17.4. The van der Waals surface area contributed by atoms with Gasteiger partial charge in [-0.25, -0.2) is 4.79 Å². The second-order valence-electron chi connectivity index (χ2n) is 5.67. The zero-order valence-electron chi connectivity index (χ0n) is 12.0. The first-order valence-corrected chi connectivity index (χ1v) is 8.15. The van der Waals surface area contributed by atoms with Crippen LogP contribution in [0.2, 0.25) is 0 Å². The predicted molar refractivity (Wildman–Crippen MR) is 77.4 cm³/mol. The molecule has 0 aromatic carbocycles. The van der Waals surface area contributed by atoms with E-state index in [4.69, 9.17) is 23.8 Å². The van der Waals surface area contributed by atoms with Crippen molar-refractivity contribution < 1.29 is 28.6 Å². The number of nitrogens with zero attached hydrogens (tertiary/aromatic N) is 1. The average molecular weight is 374 g/mol. The summed E-state index contributed by atoms with van der Waals surface area (Å²) in [7, 11) is 0. The summed E-state index contributed by atoms with van der Waals surface area (Å²) in [6.07, 6.45) is 2.52. The Balaban J connectivity index is 1.58. The summed E-state index contributed by atoms with van der Waals surface area (Å²) < 4.78 is 23.2.